The van der Waals surface area contributed by atoms with Gasteiger partial charge in [0.05, 0.1) is 18.2 Å². The molecule has 0 aromatic heterocycles. The van der Waals surface area contributed by atoms with Crippen molar-refractivity contribution in [2.45, 2.75) is 39.3 Å². The Morgan fingerprint density at radius 1 is 0.971 bits per heavy atom. The van der Waals surface area contributed by atoms with Crippen molar-refractivity contribution in [1.29, 1.82) is 0 Å². The quantitative estimate of drug-likeness (QED) is 0.539. The van der Waals surface area contributed by atoms with Gasteiger partial charge in [-0.3, -0.25) is 19.2 Å². The van der Waals surface area contributed by atoms with Gasteiger partial charge in [0.25, 0.3) is 11.8 Å². The molecule has 1 saturated heterocycles. The number of hydrogen-bond acceptors (Lipinski definition) is 4. The summed E-state index contributed by atoms with van der Waals surface area (Å²) in [7, 11) is 0. The number of amides is 4. The molecule has 4 amide bonds. The Labute approximate surface area is 204 Å². The third-order valence-electron chi connectivity index (χ3n) is 6.10. The number of benzene rings is 3. The van der Waals surface area contributed by atoms with Gasteiger partial charge in [-0.2, -0.15) is 0 Å². The molecule has 2 unspecified atom stereocenters. The van der Waals surface area contributed by atoms with Crippen LogP contribution in [0, 0.1) is 6.92 Å². The third kappa shape index (κ3) is 4.99. The maximum atomic E-state index is 13.7. The molecule has 1 aliphatic rings. The van der Waals surface area contributed by atoms with Crippen molar-refractivity contribution in [3.63, 3.8) is 0 Å². The molecule has 0 spiro atoms. The fourth-order valence-electron chi connectivity index (χ4n) is 4.41. The third-order valence-corrected chi connectivity index (χ3v) is 6.10. The molecule has 0 aliphatic carbocycles. The Bertz CT molecular complexity index is 1270. The van der Waals surface area contributed by atoms with Crippen LogP contribution in [-0.2, 0) is 14.4 Å². The summed E-state index contributed by atoms with van der Waals surface area (Å²) in [6.45, 7) is 5.17. The summed E-state index contributed by atoms with van der Waals surface area (Å²) < 4.78 is 0. The van der Waals surface area contributed by atoms with Crippen molar-refractivity contribution < 1.29 is 19.2 Å². The molecule has 1 fully saturated rings. The maximum Gasteiger partial charge on any atom is 0.257 e. The summed E-state index contributed by atoms with van der Waals surface area (Å²) in [6.07, 6.45) is -0.110. The van der Waals surface area contributed by atoms with E-state index in [1.165, 1.54) is 11.8 Å². The average molecular weight is 470 g/mol. The van der Waals surface area contributed by atoms with Gasteiger partial charge in [-0.15, -0.1) is 0 Å². The van der Waals surface area contributed by atoms with E-state index in [4.69, 9.17) is 0 Å². The van der Waals surface area contributed by atoms with Crippen molar-refractivity contribution >= 4 is 35.0 Å². The molecule has 7 nitrogen and oxygen atoms in total. The van der Waals surface area contributed by atoms with Crippen LogP contribution in [0.15, 0.2) is 78.9 Å². The maximum absolute atomic E-state index is 13.7. The van der Waals surface area contributed by atoms with E-state index in [1.54, 1.807) is 42.5 Å². The second-order valence-corrected chi connectivity index (χ2v) is 8.68. The minimum Gasteiger partial charge on any atom is -0.326 e. The van der Waals surface area contributed by atoms with Crippen LogP contribution in [0.4, 0.5) is 11.4 Å². The normalized spacial score (nSPS) is 16.2. The predicted molar refractivity (Wildman–Crippen MR) is 134 cm³/mol. The number of imide groups is 1. The molecule has 3 aromatic rings. The first-order chi connectivity index (χ1) is 16.8. The van der Waals surface area contributed by atoms with E-state index in [0.29, 0.717) is 16.9 Å². The Morgan fingerprint density at radius 3 is 2.29 bits per heavy atom. The standard InChI is InChI=1S/C28H27N3O4/c1-18-8-7-11-22(16-18)27(34)30(19(2)21-9-5-4-6-10-21)25-17-26(33)31(28(25)35)24-14-12-23(13-15-24)29-20(3)32/h4-16,19,25H,17H2,1-3H3,(H,29,32). The summed E-state index contributed by atoms with van der Waals surface area (Å²) in [6, 6.07) is 21.8. The summed E-state index contributed by atoms with van der Waals surface area (Å²) in [5.74, 6) is -1.36. The van der Waals surface area contributed by atoms with Gasteiger partial charge < -0.3 is 10.2 Å². The molecular formula is C28H27N3O4. The van der Waals surface area contributed by atoms with Crippen molar-refractivity contribution in [2.75, 3.05) is 10.2 Å². The molecule has 4 rings (SSSR count). The Morgan fingerprint density at radius 2 is 1.66 bits per heavy atom. The van der Waals surface area contributed by atoms with Crippen molar-refractivity contribution in [2.24, 2.45) is 0 Å². The second-order valence-electron chi connectivity index (χ2n) is 8.68. The first-order valence-electron chi connectivity index (χ1n) is 11.4. The highest BCUT2D eigenvalue weighted by molar-refractivity contribution is 6.23. The predicted octanol–water partition coefficient (Wildman–Crippen LogP) is 4.49. The van der Waals surface area contributed by atoms with E-state index in [-0.39, 0.29) is 24.1 Å². The summed E-state index contributed by atoms with van der Waals surface area (Å²) >= 11 is 0. The van der Waals surface area contributed by atoms with Gasteiger partial charge in [-0.1, -0.05) is 48.0 Å². The lowest BCUT2D eigenvalue weighted by Gasteiger charge is -2.33. The molecule has 0 bridgehead atoms. The number of carbonyl (C=O) groups excluding carboxylic acids is 4. The minimum absolute atomic E-state index is 0.110. The Kier molecular flexibility index (Phi) is 6.78. The molecule has 1 N–H and O–H groups in total. The van der Waals surface area contributed by atoms with Gasteiger partial charge in [0, 0.05) is 18.2 Å². The lowest BCUT2D eigenvalue weighted by molar-refractivity contribution is -0.123. The van der Waals surface area contributed by atoms with Crippen LogP contribution in [0.5, 0.6) is 0 Å². The van der Waals surface area contributed by atoms with Crippen LogP contribution in [0.1, 0.15) is 47.8 Å². The lowest BCUT2D eigenvalue weighted by Crippen LogP contribution is -2.46. The number of aryl methyl sites for hydroxylation is 1. The number of carbonyl (C=O) groups is 4. The topological polar surface area (TPSA) is 86.8 Å². The fraction of sp³-hybridized carbons (Fsp3) is 0.214. The molecule has 0 saturated carbocycles. The van der Waals surface area contributed by atoms with Crippen LogP contribution < -0.4 is 10.2 Å². The minimum atomic E-state index is -0.944. The summed E-state index contributed by atoms with van der Waals surface area (Å²) in [5.41, 5.74) is 3.22. The summed E-state index contributed by atoms with van der Waals surface area (Å²) in [4.78, 5) is 54.3. The SMILES string of the molecule is CC(=O)Nc1ccc(N2C(=O)CC(N(C(=O)c3cccc(C)c3)C(C)c3ccccc3)C2=O)cc1. The van der Waals surface area contributed by atoms with Gasteiger partial charge >= 0.3 is 0 Å². The van der Waals surface area contributed by atoms with Crippen LogP contribution in [0.25, 0.3) is 0 Å². The second kappa shape index (κ2) is 9.93. The van der Waals surface area contributed by atoms with Crippen LogP contribution in [-0.4, -0.2) is 34.6 Å². The molecule has 35 heavy (non-hydrogen) atoms. The molecule has 2 atom stereocenters. The van der Waals surface area contributed by atoms with E-state index in [9.17, 15) is 19.2 Å². The van der Waals surface area contributed by atoms with Gasteiger partial charge in [0.1, 0.15) is 6.04 Å². The zero-order valence-electron chi connectivity index (χ0n) is 19.9. The van der Waals surface area contributed by atoms with Crippen LogP contribution in [0.2, 0.25) is 0 Å². The molecular weight excluding hydrogens is 442 g/mol. The number of hydrogen-bond donors (Lipinski definition) is 1. The van der Waals surface area contributed by atoms with E-state index in [2.05, 4.69) is 5.32 Å². The van der Waals surface area contributed by atoms with E-state index >= 15 is 0 Å². The number of nitrogens with one attached hydrogen (secondary N) is 1. The first kappa shape index (κ1) is 23.9. The highest BCUT2D eigenvalue weighted by atomic mass is 16.2. The van der Waals surface area contributed by atoms with E-state index < -0.39 is 18.0 Å². The first-order valence-corrected chi connectivity index (χ1v) is 11.4. The Balaban J connectivity index is 1.69. The van der Waals surface area contributed by atoms with Crippen LogP contribution in [0.3, 0.4) is 0 Å². The zero-order valence-corrected chi connectivity index (χ0v) is 19.9. The molecule has 7 heteroatoms. The molecule has 3 aromatic carbocycles. The van der Waals surface area contributed by atoms with Crippen molar-refractivity contribution in [1.82, 2.24) is 4.90 Å². The molecule has 1 aliphatic heterocycles. The van der Waals surface area contributed by atoms with E-state index in [1.807, 2.05) is 50.2 Å². The highest BCUT2D eigenvalue weighted by Crippen LogP contribution is 2.33. The van der Waals surface area contributed by atoms with Gasteiger partial charge in [0.15, 0.2) is 0 Å². The Hall–Kier alpha value is -4.26. The largest absolute Gasteiger partial charge is 0.326 e. The zero-order chi connectivity index (χ0) is 25.1. The molecule has 1 heterocycles. The number of rotatable bonds is 6. The fourth-order valence-corrected chi connectivity index (χ4v) is 4.41. The van der Waals surface area contributed by atoms with Gasteiger partial charge in [0.2, 0.25) is 11.8 Å². The number of anilines is 2. The highest BCUT2D eigenvalue weighted by Gasteiger charge is 2.46. The molecule has 0 radical (unpaired) electrons. The van der Waals surface area contributed by atoms with Crippen molar-refractivity contribution in [3.05, 3.63) is 95.6 Å². The average Bonchev–Trinajstić information content (AvgIpc) is 3.13. The molecule has 178 valence electrons. The smallest absolute Gasteiger partial charge is 0.257 e. The van der Waals surface area contributed by atoms with E-state index in [0.717, 1.165) is 16.0 Å². The monoisotopic (exact) mass is 469 g/mol. The lowest BCUT2D eigenvalue weighted by atomic mass is 10.0. The van der Waals surface area contributed by atoms with Crippen molar-refractivity contribution in [3.8, 4) is 0 Å². The van der Waals surface area contributed by atoms with Gasteiger partial charge in [-0.25, -0.2) is 4.90 Å². The number of nitrogens with zero attached hydrogens (tertiary/aromatic N) is 2. The van der Waals surface area contributed by atoms with Crippen LogP contribution >= 0.6 is 0 Å². The van der Waals surface area contributed by atoms with Gasteiger partial charge in [-0.05, 0) is 55.8 Å². The summed E-state index contributed by atoms with van der Waals surface area (Å²) in [5, 5.41) is 2.66.